The SMILES string of the molecule is COCCCNC(=O)[C@@H]1c2ccccc2C(=O)N(C2CCCC2)[C@@H]1c1cccs1. The summed E-state index contributed by atoms with van der Waals surface area (Å²) < 4.78 is 5.10. The van der Waals surface area contributed by atoms with Gasteiger partial charge in [0.05, 0.1) is 12.0 Å². The second kappa shape index (κ2) is 9.09. The lowest BCUT2D eigenvalue weighted by Gasteiger charge is -2.44. The van der Waals surface area contributed by atoms with E-state index in [1.807, 2.05) is 40.6 Å². The van der Waals surface area contributed by atoms with Gasteiger partial charge in [0.25, 0.3) is 5.91 Å². The van der Waals surface area contributed by atoms with E-state index in [2.05, 4.69) is 11.4 Å². The average molecular weight is 413 g/mol. The number of fused-ring (bicyclic) bond motifs is 1. The molecule has 2 atom stereocenters. The van der Waals surface area contributed by atoms with E-state index in [1.54, 1.807) is 18.4 Å². The summed E-state index contributed by atoms with van der Waals surface area (Å²) in [5, 5.41) is 5.12. The maximum atomic E-state index is 13.6. The minimum atomic E-state index is -0.398. The zero-order valence-corrected chi connectivity index (χ0v) is 17.6. The summed E-state index contributed by atoms with van der Waals surface area (Å²) in [4.78, 5) is 30.1. The molecular weight excluding hydrogens is 384 g/mol. The molecule has 1 aliphatic carbocycles. The van der Waals surface area contributed by atoms with Gasteiger partial charge in [0, 0.05) is 36.7 Å². The monoisotopic (exact) mass is 412 g/mol. The Kier molecular flexibility index (Phi) is 6.31. The van der Waals surface area contributed by atoms with Gasteiger partial charge < -0.3 is 15.0 Å². The normalized spacial score (nSPS) is 22.0. The Balaban J connectivity index is 1.74. The number of nitrogens with one attached hydrogen (secondary N) is 1. The summed E-state index contributed by atoms with van der Waals surface area (Å²) in [5.74, 6) is -0.345. The first-order valence-corrected chi connectivity index (χ1v) is 11.3. The molecule has 6 heteroatoms. The summed E-state index contributed by atoms with van der Waals surface area (Å²) in [6.07, 6.45) is 5.07. The number of carbonyl (C=O) groups is 2. The highest BCUT2D eigenvalue weighted by Gasteiger charge is 2.47. The number of benzene rings is 1. The van der Waals surface area contributed by atoms with Gasteiger partial charge in [0.1, 0.15) is 0 Å². The zero-order valence-electron chi connectivity index (χ0n) is 16.8. The van der Waals surface area contributed by atoms with Crippen molar-refractivity contribution in [2.75, 3.05) is 20.3 Å². The molecule has 1 aromatic heterocycles. The third-order valence-corrected chi connectivity index (χ3v) is 6.98. The summed E-state index contributed by atoms with van der Waals surface area (Å²) in [6.45, 7) is 1.18. The van der Waals surface area contributed by atoms with Crippen LogP contribution in [-0.2, 0) is 9.53 Å². The van der Waals surface area contributed by atoms with Gasteiger partial charge in [-0.3, -0.25) is 9.59 Å². The Hall–Kier alpha value is -2.18. The van der Waals surface area contributed by atoms with Gasteiger partial charge in [-0.2, -0.15) is 0 Å². The number of nitrogens with zero attached hydrogens (tertiary/aromatic N) is 1. The van der Waals surface area contributed by atoms with Gasteiger partial charge >= 0.3 is 0 Å². The number of thiophene rings is 1. The number of amides is 2. The molecule has 0 saturated heterocycles. The molecule has 2 amide bonds. The molecule has 1 N–H and O–H groups in total. The van der Waals surface area contributed by atoms with Crippen molar-refractivity contribution < 1.29 is 14.3 Å². The zero-order chi connectivity index (χ0) is 20.2. The van der Waals surface area contributed by atoms with Crippen molar-refractivity contribution in [2.45, 2.75) is 50.1 Å². The fraction of sp³-hybridized carbons (Fsp3) is 0.478. The van der Waals surface area contributed by atoms with Gasteiger partial charge in [-0.15, -0.1) is 11.3 Å². The Bertz CT molecular complexity index is 846. The Morgan fingerprint density at radius 3 is 2.72 bits per heavy atom. The quantitative estimate of drug-likeness (QED) is 0.696. The molecule has 2 aliphatic rings. The van der Waals surface area contributed by atoms with E-state index >= 15 is 0 Å². The topological polar surface area (TPSA) is 58.6 Å². The predicted molar refractivity (Wildman–Crippen MR) is 114 cm³/mol. The standard InChI is InChI=1S/C23H28N2O3S/c1-28-14-7-13-24-22(26)20-17-10-4-5-11-18(17)23(27)25(16-8-2-3-9-16)21(20)19-12-6-15-29-19/h4-6,10-12,15-16,20-21H,2-3,7-9,13-14H2,1H3,(H,24,26)/t20-,21-/m1/s1. The lowest BCUT2D eigenvalue weighted by molar-refractivity contribution is -0.124. The first-order chi connectivity index (χ1) is 14.2. The maximum Gasteiger partial charge on any atom is 0.254 e. The van der Waals surface area contributed by atoms with Crippen molar-refractivity contribution in [2.24, 2.45) is 0 Å². The van der Waals surface area contributed by atoms with E-state index in [4.69, 9.17) is 4.74 Å². The van der Waals surface area contributed by atoms with Crippen LogP contribution in [0.4, 0.5) is 0 Å². The molecule has 0 spiro atoms. The van der Waals surface area contributed by atoms with Crippen molar-refractivity contribution in [1.29, 1.82) is 0 Å². The molecule has 4 rings (SSSR count). The number of hydrogen-bond acceptors (Lipinski definition) is 4. The van der Waals surface area contributed by atoms with Crippen LogP contribution in [0, 0.1) is 0 Å². The minimum absolute atomic E-state index is 0.0116. The minimum Gasteiger partial charge on any atom is -0.385 e. The molecule has 1 aliphatic heterocycles. The molecule has 2 aromatic rings. The van der Waals surface area contributed by atoms with Crippen molar-refractivity contribution in [3.63, 3.8) is 0 Å². The van der Waals surface area contributed by atoms with Gasteiger partial charge in [0.2, 0.25) is 5.91 Å². The molecule has 1 saturated carbocycles. The van der Waals surface area contributed by atoms with Crippen LogP contribution < -0.4 is 5.32 Å². The second-order valence-electron chi connectivity index (χ2n) is 7.81. The summed E-state index contributed by atoms with van der Waals surface area (Å²) in [7, 11) is 1.66. The number of rotatable bonds is 7. The average Bonchev–Trinajstić information content (AvgIpc) is 3.45. The molecule has 0 bridgehead atoms. The molecule has 29 heavy (non-hydrogen) atoms. The van der Waals surface area contributed by atoms with Gasteiger partial charge in [-0.05, 0) is 42.3 Å². The van der Waals surface area contributed by atoms with E-state index in [1.165, 1.54) is 0 Å². The Labute approximate surface area is 176 Å². The number of methoxy groups -OCH3 is 1. The summed E-state index contributed by atoms with van der Waals surface area (Å²) in [6, 6.07) is 11.6. The maximum absolute atomic E-state index is 13.6. The van der Waals surface area contributed by atoms with E-state index in [0.29, 0.717) is 18.7 Å². The Morgan fingerprint density at radius 1 is 1.21 bits per heavy atom. The van der Waals surface area contributed by atoms with E-state index < -0.39 is 5.92 Å². The van der Waals surface area contributed by atoms with Gasteiger partial charge in [-0.25, -0.2) is 0 Å². The van der Waals surface area contributed by atoms with Gasteiger partial charge in [0.15, 0.2) is 0 Å². The third-order valence-electron chi connectivity index (χ3n) is 6.04. The van der Waals surface area contributed by atoms with E-state index in [0.717, 1.165) is 42.5 Å². The van der Waals surface area contributed by atoms with Crippen LogP contribution >= 0.6 is 11.3 Å². The van der Waals surface area contributed by atoms with Crippen LogP contribution in [0.2, 0.25) is 0 Å². The van der Waals surface area contributed by atoms with Crippen molar-refractivity contribution in [1.82, 2.24) is 10.2 Å². The van der Waals surface area contributed by atoms with E-state index in [9.17, 15) is 9.59 Å². The molecular formula is C23H28N2O3S. The molecule has 1 fully saturated rings. The second-order valence-corrected chi connectivity index (χ2v) is 8.79. The van der Waals surface area contributed by atoms with E-state index in [-0.39, 0.29) is 23.9 Å². The van der Waals surface area contributed by atoms with Crippen LogP contribution in [0.15, 0.2) is 41.8 Å². The van der Waals surface area contributed by atoms with Crippen LogP contribution in [0.1, 0.15) is 64.9 Å². The van der Waals surface area contributed by atoms with Gasteiger partial charge in [-0.1, -0.05) is 37.1 Å². The third kappa shape index (κ3) is 3.96. The van der Waals surface area contributed by atoms with Crippen LogP contribution in [0.25, 0.3) is 0 Å². The van der Waals surface area contributed by atoms with Crippen LogP contribution in [-0.4, -0.2) is 43.0 Å². The first-order valence-electron chi connectivity index (χ1n) is 10.4. The molecule has 2 heterocycles. The summed E-state index contributed by atoms with van der Waals surface area (Å²) >= 11 is 1.63. The predicted octanol–water partition coefficient (Wildman–Crippen LogP) is 4.12. The highest BCUT2D eigenvalue weighted by Crippen LogP contribution is 2.47. The fourth-order valence-corrected chi connectivity index (χ4v) is 5.58. The molecule has 0 radical (unpaired) electrons. The Morgan fingerprint density at radius 2 is 2.00 bits per heavy atom. The molecule has 1 aromatic carbocycles. The number of hydrogen-bond donors (Lipinski definition) is 1. The number of ether oxygens (including phenoxy) is 1. The number of carbonyl (C=O) groups excluding carboxylic acids is 2. The van der Waals surface area contributed by atoms with Crippen molar-refractivity contribution in [3.05, 3.63) is 57.8 Å². The highest BCUT2D eigenvalue weighted by molar-refractivity contribution is 7.10. The lowest BCUT2D eigenvalue weighted by atomic mass is 9.80. The summed E-state index contributed by atoms with van der Waals surface area (Å²) in [5.41, 5.74) is 1.51. The molecule has 5 nitrogen and oxygen atoms in total. The van der Waals surface area contributed by atoms with Crippen molar-refractivity contribution >= 4 is 23.2 Å². The first kappa shape index (κ1) is 20.1. The van der Waals surface area contributed by atoms with Crippen LogP contribution in [0.5, 0.6) is 0 Å². The lowest BCUT2D eigenvalue weighted by Crippen LogP contribution is -2.50. The van der Waals surface area contributed by atoms with Crippen molar-refractivity contribution in [3.8, 4) is 0 Å². The largest absolute Gasteiger partial charge is 0.385 e. The molecule has 154 valence electrons. The van der Waals surface area contributed by atoms with Crippen LogP contribution in [0.3, 0.4) is 0 Å². The fourth-order valence-electron chi connectivity index (χ4n) is 4.72. The highest BCUT2D eigenvalue weighted by atomic mass is 32.1. The molecule has 0 unspecified atom stereocenters. The smallest absolute Gasteiger partial charge is 0.254 e.